The Balaban J connectivity index is 0.00000218. The van der Waals surface area contributed by atoms with E-state index in [2.05, 4.69) is 25.2 Å². The molecule has 0 bridgehead atoms. The molecule has 30 heavy (non-hydrogen) atoms. The number of aromatic nitrogens is 5. The number of pyridine rings is 2. The van der Waals surface area contributed by atoms with Crippen molar-refractivity contribution >= 4 is 29.4 Å². The van der Waals surface area contributed by atoms with Gasteiger partial charge >= 0.3 is 5.69 Å². The fraction of sp³-hybridized carbons (Fsp3) is 0.300. The van der Waals surface area contributed by atoms with Gasteiger partial charge in [0.1, 0.15) is 5.65 Å². The standard InChI is InChI=1S/C20H20FN7O.ClH/c1-12-7-17-24-18(14-8-15(21)19-23-13(2)9-27(19)10-14)25-20(29)28(17)11-16(12)26-5-3-22-4-6-26;/h7-11,22H,3-6H2,1-2H3;1H. The second-order valence-electron chi connectivity index (χ2n) is 7.33. The number of anilines is 1. The first-order valence-corrected chi connectivity index (χ1v) is 9.51. The van der Waals surface area contributed by atoms with Gasteiger partial charge in [0.15, 0.2) is 17.3 Å². The summed E-state index contributed by atoms with van der Waals surface area (Å²) in [6.07, 6.45) is 5.20. The summed E-state index contributed by atoms with van der Waals surface area (Å²) in [6, 6.07) is 3.19. The minimum Gasteiger partial charge on any atom is -0.368 e. The summed E-state index contributed by atoms with van der Waals surface area (Å²) in [5.41, 5.74) is 3.44. The topological polar surface area (TPSA) is 79.8 Å². The molecule has 0 aliphatic carbocycles. The lowest BCUT2D eigenvalue weighted by Gasteiger charge is -2.30. The Hall–Kier alpha value is -3.04. The van der Waals surface area contributed by atoms with Gasteiger partial charge in [-0.3, -0.25) is 0 Å². The van der Waals surface area contributed by atoms with E-state index < -0.39 is 11.5 Å². The summed E-state index contributed by atoms with van der Waals surface area (Å²) < 4.78 is 17.5. The lowest BCUT2D eigenvalue weighted by Crippen LogP contribution is -2.44. The molecule has 1 N–H and O–H groups in total. The first-order chi connectivity index (χ1) is 14.0. The number of hydrogen-bond acceptors (Lipinski definition) is 6. The zero-order chi connectivity index (χ0) is 20.1. The summed E-state index contributed by atoms with van der Waals surface area (Å²) in [7, 11) is 0. The van der Waals surface area contributed by atoms with E-state index in [0.717, 1.165) is 37.4 Å². The van der Waals surface area contributed by atoms with E-state index in [1.165, 1.54) is 10.5 Å². The van der Waals surface area contributed by atoms with Crippen molar-refractivity contribution in [3.63, 3.8) is 0 Å². The number of fused-ring (bicyclic) bond motifs is 2. The van der Waals surface area contributed by atoms with Crippen LogP contribution in [-0.2, 0) is 0 Å². The molecule has 0 saturated carbocycles. The predicted molar refractivity (Wildman–Crippen MR) is 115 cm³/mol. The zero-order valence-corrected chi connectivity index (χ0v) is 17.4. The first kappa shape index (κ1) is 20.2. The van der Waals surface area contributed by atoms with Crippen molar-refractivity contribution in [2.24, 2.45) is 0 Å². The highest BCUT2D eigenvalue weighted by Crippen LogP contribution is 2.23. The van der Waals surface area contributed by atoms with Crippen LogP contribution in [0.2, 0.25) is 0 Å². The Labute approximate surface area is 177 Å². The van der Waals surface area contributed by atoms with Gasteiger partial charge in [0.2, 0.25) is 0 Å². The summed E-state index contributed by atoms with van der Waals surface area (Å²) in [6.45, 7) is 7.37. The molecular weight excluding hydrogens is 409 g/mol. The fourth-order valence-corrected chi connectivity index (χ4v) is 3.81. The quantitative estimate of drug-likeness (QED) is 0.525. The van der Waals surface area contributed by atoms with Crippen LogP contribution >= 0.6 is 12.4 Å². The van der Waals surface area contributed by atoms with Crippen molar-refractivity contribution in [3.05, 3.63) is 58.3 Å². The Morgan fingerprint density at radius 1 is 1.03 bits per heavy atom. The Morgan fingerprint density at radius 3 is 2.57 bits per heavy atom. The van der Waals surface area contributed by atoms with Crippen molar-refractivity contribution in [1.82, 2.24) is 29.1 Å². The van der Waals surface area contributed by atoms with Gasteiger partial charge in [0.25, 0.3) is 0 Å². The Kier molecular flexibility index (Phi) is 5.17. The molecule has 1 aliphatic rings. The van der Waals surface area contributed by atoms with Crippen LogP contribution in [0.4, 0.5) is 10.1 Å². The molecule has 0 spiro atoms. The van der Waals surface area contributed by atoms with E-state index in [1.807, 2.05) is 13.0 Å². The third-order valence-electron chi connectivity index (χ3n) is 5.22. The first-order valence-electron chi connectivity index (χ1n) is 9.51. The van der Waals surface area contributed by atoms with Crippen LogP contribution in [0.1, 0.15) is 11.3 Å². The number of nitrogens with one attached hydrogen (secondary N) is 1. The van der Waals surface area contributed by atoms with Crippen molar-refractivity contribution in [2.45, 2.75) is 13.8 Å². The summed E-state index contributed by atoms with van der Waals surface area (Å²) in [4.78, 5) is 27.8. The van der Waals surface area contributed by atoms with Crippen LogP contribution in [0.3, 0.4) is 0 Å². The van der Waals surface area contributed by atoms with Crippen LogP contribution in [0.15, 0.2) is 35.5 Å². The molecule has 0 unspecified atom stereocenters. The van der Waals surface area contributed by atoms with E-state index in [0.29, 0.717) is 16.9 Å². The Bertz CT molecular complexity index is 1310. The molecule has 4 aromatic rings. The molecule has 0 atom stereocenters. The van der Waals surface area contributed by atoms with Gasteiger partial charge in [0, 0.05) is 50.3 Å². The number of halogens is 2. The van der Waals surface area contributed by atoms with Gasteiger partial charge in [-0.25, -0.2) is 23.6 Å². The molecule has 10 heteroatoms. The monoisotopic (exact) mass is 429 g/mol. The maximum absolute atomic E-state index is 14.5. The molecule has 1 saturated heterocycles. The number of hydrogen-bond donors (Lipinski definition) is 1. The minimum atomic E-state index is -0.482. The molecule has 5 heterocycles. The van der Waals surface area contributed by atoms with Crippen LogP contribution in [0, 0.1) is 19.7 Å². The minimum absolute atomic E-state index is 0. The average molecular weight is 430 g/mol. The maximum Gasteiger partial charge on any atom is 0.355 e. The number of piperazine rings is 1. The van der Waals surface area contributed by atoms with E-state index >= 15 is 0 Å². The predicted octanol–water partition coefficient (Wildman–Crippen LogP) is 1.99. The van der Waals surface area contributed by atoms with Crippen molar-refractivity contribution in [2.75, 3.05) is 31.1 Å². The molecule has 1 aliphatic heterocycles. The van der Waals surface area contributed by atoms with Gasteiger partial charge in [-0.1, -0.05) is 0 Å². The number of aryl methyl sites for hydroxylation is 2. The van der Waals surface area contributed by atoms with Gasteiger partial charge in [-0.15, -0.1) is 12.4 Å². The van der Waals surface area contributed by atoms with Crippen LogP contribution in [-0.4, -0.2) is 49.9 Å². The molecule has 0 aromatic carbocycles. The summed E-state index contributed by atoms with van der Waals surface area (Å²) in [5, 5.41) is 3.32. The summed E-state index contributed by atoms with van der Waals surface area (Å²) in [5.74, 6) is -0.291. The highest BCUT2D eigenvalue weighted by molar-refractivity contribution is 5.85. The van der Waals surface area contributed by atoms with E-state index in [9.17, 15) is 9.18 Å². The Morgan fingerprint density at radius 2 is 1.80 bits per heavy atom. The van der Waals surface area contributed by atoms with Crippen molar-refractivity contribution in [3.8, 4) is 11.4 Å². The molecule has 1 fully saturated rings. The molecule has 8 nitrogen and oxygen atoms in total. The number of imidazole rings is 1. The second-order valence-corrected chi connectivity index (χ2v) is 7.33. The number of nitrogens with zero attached hydrogens (tertiary/aromatic N) is 6. The highest BCUT2D eigenvalue weighted by atomic mass is 35.5. The third-order valence-corrected chi connectivity index (χ3v) is 5.22. The van der Waals surface area contributed by atoms with E-state index in [4.69, 9.17) is 0 Å². The van der Waals surface area contributed by atoms with Crippen LogP contribution in [0.25, 0.3) is 22.7 Å². The highest BCUT2D eigenvalue weighted by Gasteiger charge is 2.16. The van der Waals surface area contributed by atoms with E-state index in [1.54, 1.807) is 29.9 Å². The van der Waals surface area contributed by atoms with Gasteiger partial charge in [-0.05, 0) is 31.5 Å². The third kappa shape index (κ3) is 3.40. The molecule has 0 radical (unpaired) electrons. The second kappa shape index (κ2) is 7.66. The molecule has 4 aromatic heterocycles. The van der Waals surface area contributed by atoms with Gasteiger partial charge in [-0.2, -0.15) is 4.98 Å². The molecule has 5 rings (SSSR count). The maximum atomic E-state index is 14.5. The molecule has 156 valence electrons. The van der Waals surface area contributed by atoms with Crippen LogP contribution in [0.5, 0.6) is 0 Å². The normalized spacial score (nSPS) is 14.3. The SMILES string of the molecule is Cc1cn2cc(-c3nc(=O)n4cc(N5CCNCC5)c(C)cc4n3)cc(F)c2n1.Cl. The smallest absolute Gasteiger partial charge is 0.355 e. The molecular formula is C20H21ClFN7O. The van der Waals surface area contributed by atoms with Crippen molar-refractivity contribution in [1.29, 1.82) is 0 Å². The fourth-order valence-electron chi connectivity index (χ4n) is 3.81. The molecule has 0 amide bonds. The average Bonchev–Trinajstić information content (AvgIpc) is 3.09. The van der Waals surface area contributed by atoms with E-state index in [-0.39, 0.29) is 23.9 Å². The summed E-state index contributed by atoms with van der Waals surface area (Å²) >= 11 is 0. The lowest BCUT2D eigenvalue weighted by atomic mass is 10.2. The van der Waals surface area contributed by atoms with Gasteiger partial charge < -0.3 is 14.6 Å². The largest absolute Gasteiger partial charge is 0.368 e. The zero-order valence-electron chi connectivity index (χ0n) is 16.6. The van der Waals surface area contributed by atoms with Gasteiger partial charge in [0.05, 0.1) is 11.4 Å². The lowest BCUT2D eigenvalue weighted by molar-refractivity contribution is 0.587. The van der Waals surface area contributed by atoms with Crippen LogP contribution < -0.4 is 15.9 Å². The van der Waals surface area contributed by atoms with Crippen molar-refractivity contribution < 1.29 is 4.39 Å². The number of rotatable bonds is 2.